The van der Waals surface area contributed by atoms with E-state index in [1.807, 2.05) is 6.92 Å². The van der Waals surface area contributed by atoms with Gasteiger partial charge in [-0.15, -0.1) is 0 Å². The van der Waals surface area contributed by atoms with Crippen LogP contribution in [0.1, 0.15) is 51.6 Å². The molecule has 1 heterocycles. The van der Waals surface area contributed by atoms with Crippen molar-refractivity contribution in [3.05, 3.63) is 35.0 Å². The first-order valence-electron chi connectivity index (χ1n) is 8.75. The number of rotatable bonds is 7. The van der Waals surface area contributed by atoms with Crippen molar-refractivity contribution < 1.29 is 24.2 Å². The maximum Gasteiger partial charge on any atom is 0.338 e. The fourth-order valence-electron chi connectivity index (χ4n) is 2.82. The van der Waals surface area contributed by atoms with E-state index in [1.54, 1.807) is 26.0 Å². The van der Waals surface area contributed by atoms with Gasteiger partial charge in [0.25, 0.3) is 0 Å². The number of benzene rings is 1. The maximum atomic E-state index is 12.7. The zero-order chi connectivity index (χ0) is 19.3. The van der Waals surface area contributed by atoms with Gasteiger partial charge in [0.2, 0.25) is 0 Å². The van der Waals surface area contributed by atoms with Gasteiger partial charge >= 0.3 is 12.0 Å². The van der Waals surface area contributed by atoms with E-state index in [0.29, 0.717) is 29.0 Å². The number of phenolic OH excluding ortho intramolecular Hbond substituents is 1. The van der Waals surface area contributed by atoms with Crippen LogP contribution in [0, 0.1) is 0 Å². The standard InChI is InChI=1S/C19H26N2O5/c1-5-6-7-13-16(18(23)26-11(2)3)17(21-19(24)20-13)12-8-9-15(25-4)14(22)10-12/h8-11,17,22H,5-7H2,1-4H3,(H2,20,21,24). The van der Waals surface area contributed by atoms with Gasteiger partial charge in [0.15, 0.2) is 11.5 Å². The van der Waals surface area contributed by atoms with Gasteiger partial charge in [0, 0.05) is 5.70 Å². The first-order valence-corrected chi connectivity index (χ1v) is 8.75. The average Bonchev–Trinajstić information content (AvgIpc) is 2.58. The molecule has 1 aromatic rings. The Morgan fingerprint density at radius 3 is 2.65 bits per heavy atom. The van der Waals surface area contributed by atoms with Crippen LogP contribution in [0.15, 0.2) is 29.5 Å². The minimum absolute atomic E-state index is 0.0653. The Labute approximate surface area is 153 Å². The number of allylic oxidation sites excluding steroid dienone is 1. The lowest BCUT2D eigenvalue weighted by molar-refractivity contribution is -0.143. The lowest BCUT2D eigenvalue weighted by Gasteiger charge is -2.30. The van der Waals surface area contributed by atoms with Crippen LogP contribution in [0.2, 0.25) is 0 Å². The number of carbonyl (C=O) groups is 2. The van der Waals surface area contributed by atoms with Gasteiger partial charge in [0.1, 0.15) is 0 Å². The van der Waals surface area contributed by atoms with Gasteiger partial charge in [-0.3, -0.25) is 0 Å². The molecule has 0 aliphatic carbocycles. The molecule has 1 atom stereocenters. The number of ether oxygens (including phenoxy) is 2. The number of phenols is 1. The third kappa shape index (κ3) is 4.47. The van der Waals surface area contributed by atoms with Crippen molar-refractivity contribution in [3.63, 3.8) is 0 Å². The molecule has 0 saturated carbocycles. The van der Waals surface area contributed by atoms with Gasteiger partial charge in [-0.2, -0.15) is 0 Å². The molecular weight excluding hydrogens is 336 g/mol. The zero-order valence-corrected chi connectivity index (χ0v) is 15.6. The maximum absolute atomic E-state index is 12.7. The highest BCUT2D eigenvalue weighted by Crippen LogP contribution is 2.34. The summed E-state index contributed by atoms with van der Waals surface area (Å²) in [5.74, 6) is -0.237. The summed E-state index contributed by atoms with van der Waals surface area (Å²) in [6.45, 7) is 5.58. The molecule has 0 aromatic heterocycles. The van der Waals surface area contributed by atoms with Crippen LogP contribution in [-0.4, -0.2) is 30.3 Å². The molecule has 0 radical (unpaired) electrons. The largest absolute Gasteiger partial charge is 0.504 e. The van der Waals surface area contributed by atoms with E-state index >= 15 is 0 Å². The molecule has 142 valence electrons. The molecule has 0 bridgehead atoms. The van der Waals surface area contributed by atoms with E-state index in [2.05, 4.69) is 10.6 Å². The summed E-state index contributed by atoms with van der Waals surface area (Å²) in [6, 6.07) is 3.68. The summed E-state index contributed by atoms with van der Waals surface area (Å²) in [5, 5.41) is 15.6. The monoisotopic (exact) mass is 362 g/mol. The fraction of sp³-hybridized carbons (Fsp3) is 0.474. The molecule has 1 aliphatic heterocycles. The number of aromatic hydroxyl groups is 1. The lowest BCUT2D eigenvalue weighted by atomic mass is 9.93. The molecule has 0 fully saturated rings. The predicted molar refractivity (Wildman–Crippen MR) is 96.8 cm³/mol. The number of carbonyl (C=O) groups excluding carboxylic acids is 2. The molecule has 1 aromatic carbocycles. The summed E-state index contributed by atoms with van der Waals surface area (Å²) >= 11 is 0. The van der Waals surface area contributed by atoms with Crippen molar-refractivity contribution >= 4 is 12.0 Å². The minimum Gasteiger partial charge on any atom is -0.504 e. The number of urea groups is 1. The number of nitrogens with one attached hydrogen (secondary N) is 2. The molecule has 26 heavy (non-hydrogen) atoms. The second kappa shape index (κ2) is 8.60. The highest BCUT2D eigenvalue weighted by molar-refractivity contribution is 5.95. The summed E-state index contributed by atoms with van der Waals surface area (Å²) in [7, 11) is 1.45. The van der Waals surface area contributed by atoms with Gasteiger partial charge < -0.3 is 25.2 Å². The molecular formula is C19H26N2O5. The van der Waals surface area contributed by atoms with Crippen LogP contribution >= 0.6 is 0 Å². The van der Waals surface area contributed by atoms with Crippen molar-refractivity contribution in [1.82, 2.24) is 10.6 Å². The molecule has 3 N–H and O–H groups in total. The number of amides is 2. The SMILES string of the molecule is CCCCC1=C(C(=O)OC(C)C)C(c2ccc(OC)c(O)c2)NC(=O)N1. The molecule has 2 rings (SSSR count). The quantitative estimate of drug-likeness (QED) is 0.648. The van der Waals surface area contributed by atoms with Gasteiger partial charge in [-0.05, 0) is 44.4 Å². The molecule has 7 nitrogen and oxygen atoms in total. The second-order valence-corrected chi connectivity index (χ2v) is 6.41. The van der Waals surface area contributed by atoms with Crippen molar-refractivity contribution in [2.75, 3.05) is 7.11 Å². The van der Waals surface area contributed by atoms with Gasteiger partial charge in [-0.25, -0.2) is 9.59 Å². The Kier molecular flexibility index (Phi) is 6.49. The van der Waals surface area contributed by atoms with Crippen LogP contribution < -0.4 is 15.4 Å². The summed E-state index contributed by atoms with van der Waals surface area (Å²) < 4.78 is 10.4. The molecule has 0 spiro atoms. The van der Waals surface area contributed by atoms with Crippen LogP contribution in [0.4, 0.5) is 4.79 Å². The Morgan fingerprint density at radius 1 is 1.35 bits per heavy atom. The second-order valence-electron chi connectivity index (χ2n) is 6.41. The van der Waals surface area contributed by atoms with Crippen molar-refractivity contribution in [2.24, 2.45) is 0 Å². The predicted octanol–water partition coefficient (Wildman–Crippen LogP) is 3.15. The Morgan fingerprint density at radius 2 is 2.08 bits per heavy atom. The smallest absolute Gasteiger partial charge is 0.338 e. The third-order valence-corrected chi connectivity index (χ3v) is 4.03. The third-order valence-electron chi connectivity index (χ3n) is 4.03. The average molecular weight is 362 g/mol. The Balaban J connectivity index is 2.50. The van der Waals surface area contributed by atoms with Crippen LogP contribution in [0.5, 0.6) is 11.5 Å². The number of unbranched alkanes of at least 4 members (excludes halogenated alkanes) is 1. The van der Waals surface area contributed by atoms with E-state index < -0.39 is 18.0 Å². The topological polar surface area (TPSA) is 96.9 Å². The Bertz CT molecular complexity index is 712. The lowest BCUT2D eigenvalue weighted by Crippen LogP contribution is -2.46. The fourth-order valence-corrected chi connectivity index (χ4v) is 2.82. The first-order chi connectivity index (χ1) is 12.4. The summed E-state index contributed by atoms with van der Waals surface area (Å²) in [4.78, 5) is 24.8. The molecule has 0 saturated heterocycles. The number of hydrogen-bond donors (Lipinski definition) is 3. The van der Waals surface area contributed by atoms with E-state index in [4.69, 9.17) is 9.47 Å². The molecule has 1 unspecified atom stereocenters. The molecule has 2 amide bonds. The number of methoxy groups -OCH3 is 1. The highest BCUT2D eigenvalue weighted by atomic mass is 16.5. The van der Waals surface area contributed by atoms with E-state index in [0.717, 1.165) is 12.8 Å². The number of esters is 1. The zero-order valence-electron chi connectivity index (χ0n) is 15.6. The molecule has 7 heteroatoms. The summed E-state index contributed by atoms with van der Waals surface area (Å²) in [6.07, 6.45) is 2.03. The van der Waals surface area contributed by atoms with E-state index in [1.165, 1.54) is 13.2 Å². The van der Waals surface area contributed by atoms with Gasteiger partial charge in [-0.1, -0.05) is 19.4 Å². The first kappa shape index (κ1) is 19.6. The molecule has 1 aliphatic rings. The number of hydrogen-bond acceptors (Lipinski definition) is 5. The Hall–Kier alpha value is -2.70. The normalized spacial score (nSPS) is 17.0. The van der Waals surface area contributed by atoms with Crippen molar-refractivity contribution in [2.45, 2.75) is 52.2 Å². The summed E-state index contributed by atoms with van der Waals surface area (Å²) in [5.41, 5.74) is 1.49. The van der Waals surface area contributed by atoms with Crippen LogP contribution in [-0.2, 0) is 9.53 Å². The minimum atomic E-state index is -0.710. The van der Waals surface area contributed by atoms with Gasteiger partial charge in [0.05, 0.1) is 24.8 Å². The van der Waals surface area contributed by atoms with Crippen LogP contribution in [0.25, 0.3) is 0 Å². The van der Waals surface area contributed by atoms with Crippen LogP contribution in [0.3, 0.4) is 0 Å². The van der Waals surface area contributed by atoms with E-state index in [9.17, 15) is 14.7 Å². The van der Waals surface area contributed by atoms with Crippen molar-refractivity contribution in [1.29, 1.82) is 0 Å². The highest BCUT2D eigenvalue weighted by Gasteiger charge is 2.34. The van der Waals surface area contributed by atoms with E-state index in [-0.39, 0.29) is 11.9 Å². The van der Waals surface area contributed by atoms with Crippen molar-refractivity contribution in [3.8, 4) is 11.5 Å².